The molecule has 1 N–H and O–H groups in total. The molecule has 2 aromatic heterocycles. The van der Waals surface area contributed by atoms with Gasteiger partial charge in [-0.15, -0.1) is 0 Å². The van der Waals surface area contributed by atoms with Crippen molar-refractivity contribution in [1.29, 1.82) is 0 Å². The summed E-state index contributed by atoms with van der Waals surface area (Å²) >= 11 is 0. The van der Waals surface area contributed by atoms with Gasteiger partial charge in [0, 0.05) is 17.9 Å². The fourth-order valence-electron chi connectivity index (χ4n) is 3.79. The summed E-state index contributed by atoms with van der Waals surface area (Å²) in [6.45, 7) is 0.962. The monoisotopic (exact) mass is 402 g/mol. The maximum absolute atomic E-state index is 3.59. The van der Waals surface area contributed by atoms with Crippen molar-refractivity contribution in [2.45, 2.75) is 13.0 Å². The molecule has 0 aliphatic carbocycles. The van der Waals surface area contributed by atoms with Crippen molar-refractivity contribution in [2.24, 2.45) is 0 Å². The van der Waals surface area contributed by atoms with Crippen molar-refractivity contribution in [3.05, 3.63) is 90.5 Å². The zero-order valence-corrected chi connectivity index (χ0v) is 15.9. The number of rotatable bonds is 3. The maximum atomic E-state index is 3.59. The van der Waals surface area contributed by atoms with Gasteiger partial charge in [0.25, 0.3) is 0 Å². The largest absolute Gasteiger partial charge is 1.00 e. The summed E-state index contributed by atoms with van der Waals surface area (Å²) < 4.78 is 2.47. The highest BCUT2D eigenvalue weighted by Crippen LogP contribution is 2.25. The van der Waals surface area contributed by atoms with Crippen molar-refractivity contribution in [1.82, 2.24) is 4.98 Å². The second kappa shape index (κ2) is 6.93. The Morgan fingerprint density at radius 2 is 1.46 bits per heavy atom. The number of aryl methyl sites for hydroxylation is 2. The molecule has 0 aliphatic rings. The highest BCUT2D eigenvalue weighted by molar-refractivity contribution is 6.05. The summed E-state index contributed by atoms with van der Waals surface area (Å²) in [5, 5.41) is 2.56. The zero-order chi connectivity index (χ0) is 16.6. The average molecular weight is 403 g/mol. The van der Waals surface area contributed by atoms with E-state index in [1.807, 2.05) is 0 Å². The van der Waals surface area contributed by atoms with Gasteiger partial charge in [0.15, 0.2) is 6.54 Å². The van der Waals surface area contributed by atoms with Crippen LogP contribution in [0.15, 0.2) is 84.9 Å². The Morgan fingerprint density at radius 1 is 0.731 bits per heavy atom. The molecule has 0 unspecified atom stereocenters. The summed E-state index contributed by atoms with van der Waals surface area (Å²) in [7, 11) is 0. The molecule has 2 nitrogen and oxygen atoms in total. The van der Waals surface area contributed by atoms with Gasteiger partial charge in [0.2, 0.25) is 11.0 Å². The number of aromatic nitrogens is 2. The molecule has 0 amide bonds. The number of benzene rings is 3. The van der Waals surface area contributed by atoms with Crippen LogP contribution in [0.25, 0.3) is 32.8 Å². The van der Waals surface area contributed by atoms with Gasteiger partial charge in [-0.25, -0.2) is 0 Å². The Hall–Kier alpha value is -2.65. The minimum Gasteiger partial charge on any atom is -1.00 e. The third-order valence-corrected chi connectivity index (χ3v) is 4.97. The van der Waals surface area contributed by atoms with E-state index in [9.17, 15) is 0 Å². The second-order valence-corrected chi connectivity index (χ2v) is 6.52. The number of halogens is 1. The average Bonchev–Trinajstić information content (AvgIpc) is 3.04. The quantitative estimate of drug-likeness (QED) is 0.445. The number of fused-ring (bicyclic) bond motifs is 4. The number of hydrogen-bond donors (Lipinski definition) is 1. The van der Waals surface area contributed by atoms with Crippen LogP contribution in [0.3, 0.4) is 0 Å². The van der Waals surface area contributed by atoms with E-state index in [0.717, 1.165) is 13.0 Å². The van der Waals surface area contributed by atoms with E-state index in [1.165, 1.54) is 38.4 Å². The molecule has 0 fully saturated rings. The Labute approximate surface area is 162 Å². The molecule has 5 aromatic rings. The molecular weight excluding hydrogens is 384 g/mol. The summed E-state index contributed by atoms with van der Waals surface area (Å²) in [6, 6.07) is 30.2. The molecule has 3 heteroatoms. The number of para-hydroxylation sites is 2. The minimum absolute atomic E-state index is 0. The van der Waals surface area contributed by atoms with Gasteiger partial charge in [0.05, 0.1) is 10.9 Å². The predicted molar refractivity (Wildman–Crippen MR) is 104 cm³/mol. The third-order valence-electron chi connectivity index (χ3n) is 4.97. The van der Waals surface area contributed by atoms with Gasteiger partial charge in [-0.3, -0.25) is 0 Å². The van der Waals surface area contributed by atoms with Crippen LogP contribution in [0.4, 0.5) is 0 Å². The lowest BCUT2D eigenvalue weighted by atomic mass is 10.1. The van der Waals surface area contributed by atoms with Crippen LogP contribution in [0.2, 0.25) is 0 Å². The summed E-state index contributed by atoms with van der Waals surface area (Å²) in [6.07, 6.45) is 1.02. The second-order valence-electron chi connectivity index (χ2n) is 6.52. The lowest BCUT2D eigenvalue weighted by molar-refractivity contribution is -0.644. The molecule has 0 saturated heterocycles. The Morgan fingerprint density at radius 3 is 2.35 bits per heavy atom. The first kappa shape index (κ1) is 16.8. The van der Waals surface area contributed by atoms with Gasteiger partial charge in [-0.1, -0.05) is 54.6 Å². The van der Waals surface area contributed by atoms with Crippen molar-refractivity contribution < 1.29 is 21.5 Å². The normalized spacial score (nSPS) is 11.1. The molecule has 0 radical (unpaired) electrons. The zero-order valence-electron chi connectivity index (χ0n) is 14.3. The van der Waals surface area contributed by atoms with Crippen LogP contribution in [-0.4, -0.2) is 4.98 Å². The highest BCUT2D eigenvalue weighted by atomic mass is 79.9. The first-order valence-electron chi connectivity index (χ1n) is 8.76. The maximum Gasteiger partial charge on any atom is 0.238 e. The van der Waals surface area contributed by atoms with Crippen molar-refractivity contribution in [3.63, 3.8) is 0 Å². The first-order valence-corrected chi connectivity index (χ1v) is 8.76. The molecule has 26 heavy (non-hydrogen) atoms. The van der Waals surface area contributed by atoms with Gasteiger partial charge in [-0.2, -0.15) is 4.57 Å². The van der Waals surface area contributed by atoms with Gasteiger partial charge < -0.3 is 22.0 Å². The third kappa shape index (κ3) is 2.78. The van der Waals surface area contributed by atoms with Crippen molar-refractivity contribution in [3.8, 4) is 0 Å². The summed E-state index contributed by atoms with van der Waals surface area (Å²) in [4.78, 5) is 3.59. The van der Waals surface area contributed by atoms with Crippen LogP contribution in [0.5, 0.6) is 0 Å². The van der Waals surface area contributed by atoms with E-state index >= 15 is 0 Å². The lowest BCUT2D eigenvalue weighted by Crippen LogP contribution is -3.00. The van der Waals surface area contributed by atoms with Gasteiger partial charge in [0.1, 0.15) is 5.52 Å². The van der Waals surface area contributed by atoms with Gasteiger partial charge >= 0.3 is 0 Å². The van der Waals surface area contributed by atoms with Crippen LogP contribution in [0, 0.1) is 0 Å². The SMILES string of the molecule is [Br-].c1ccc(CC[n+]2c3ccccc3cc3[nH]c4ccccc4c32)cc1. The molecule has 2 heterocycles. The Bertz CT molecular complexity index is 1190. The van der Waals surface area contributed by atoms with Crippen molar-refractivity contribution in [2.75, 3.05) is 0 Å². The molecule has 0 spiro atoms. The van der Waals surface area contributed by atoms with E-state index in [-0.39, 0.29) is 17.0 Å². The van der Waals surface area contributed by atoms with Crippen molar-refractivity contribution >= 4 is 32.8 Å². The standard InChI is InChI=1S/C23H18N2.BrH/c1-2-8-17(9-3-1)14-15-25-22-13-7-4-10-18(22)16-21-23(25)19-11-5-6-12-20(19)24-21;/h1-13,16H,14-15H2;1H. The fraction of sp³-hybridized carbons (Fsp3) is 0.0870. The van der Waals surface area contributed by atoms with E-state index in [2.05, 4.69) is 94.5 Å². The number of nitrogens with one attached hydrogen (secondary N) is 1. The van der Waals surface area contributed by atoms with Crippen LogP contribution < -0.4 is 21.5 Å². The lowest BCUT2D eigenvalue weighted by Gasteiger charge is -2.04. The summed E-state index contributed by atoms with van der Waals surface area (Å²) in [5.74, 6) is 0. The smallest absolute Gasteiger partial charge is 0.238 e. The highest BCUT2D eigenvalue weighted by Gasteiger charge is 2.19. The number of H-pyrrole nitrogens is 1. The first-order chi connectivity index (χ1) is 12.4. The molecule has 5 rings (SSSR count). The summed E-state index contributed by atoms with van der Waals surface area (Å²) in [5.41, 5.74) is 6.35. The molecule has 0 bridgehead atoms. The molecule has 0 aliphatic heterocycles. The number of pyridine rings is 1. The number of aromatic amines is 1. The Kier molecular flexibility index (Phi) is 4.48. The van der Waals surface area contributed by atoms with E-state index in [4.69, 9.17) is 0 Å². The molecule has 0 saturated carbocycles. The van der Waals surface area contributed by atoms with Gasteiger partial charge in [-0.05, 0) is 29.8 Å². The molecule has 3 aromatic carbocycles. The molecule has 128 valence electrons. The van der Waals surface area contributed by atoms with Crippen LogP contribution >= 0.6 is 0 Å². The van der Waals surface area contributed by atoms with Crippen LogP contribution in [0.1, 0.15) is 5.56 Å². The predicted octanol–water partition coefficient (Wildman–Crippen LogP) is 2.01. The molecular formula is C23H19BrN2. The number of nitrogens with zero attached hydrogens (tertiary/aromatic N) is 1. The van der Waals surface area contributed by atoms with E-state index in [0.29, 0.717) is 0 Å². The fourth-order valence-corrected chi connectivity index (χ4v) is 3.79. The number of hydrogen-bond acceptors (Lipinski definition) is 0. The minimum atomic E-state index is 0. The topological polar surface area (TPSA) is 19.7 Å². The Balaban J connectivity index is 0.00000168. The van der Waals surface area contributed by atoms with Crippen LogP contribution in [-0.2, 0) is 13.0 Å². The van der Waals surface area contributed by atoms with E-state index < -0.39 is 0 Å². The van der Waals surface area contributed by atoms with E-state index in [1.54, 1.807) is 0 Å². The molecule has 0 atom stereocenters.